The number of hydrogen-bond donors (Lipinski definition) is 0. The van der Waals surface area contributed by atoms with Crippen LogP contribution in [-0.4, -0.2) is 53.7 Å². The Hall–Kier alpha value is -1.28. The van der Waals surface area contributed by atoms with E-state index in [0.717, 1.165) is 19.5 Å². The number of amides is 1. The third kappa shape index (κ3) is 5.69. The van der Waals surface area contributed by atoms with E-state index in [1.165, 1.54) is 32.1 Å². The zero-order valence-electron chi connectivity index (χ0n) is 14.9. The van der Waals surface area contributed by atoms with E-state index in [-0.39, 0.29) is 12.1 Å². The number of nitriles is 1. The lowest BCUT2D eigenvalue weighted by molar-refractivity contribution is 0.0115. The number of carbonyl (C=O) groups excluding carboxylic acids is 1. The summed E-state index contributed by atoms with van der Waals surface area (Å²) in [4.78, 5) is 16.1. The van der Waals surface area contributed by atoms with E-state index >= 15 is 0 Å². The van der Waals surface area contributed by atoms with Crippen LogP contribution in [0.15, 0.2) is 0 Å². The van der Waals surface area contributed by atoms with Gasteiger partial charge in [0.2, 0.25) is 0 Å². The van der Waals surface area contributed by atoms with E-state index in [2.05, 4.69) is 11.0 Å². The van der Waals surface area contributed by atoms with Gasteiger partial charge in [-0.3, -0.25) is 4.90 Å². The van der Waals surface area contributed by atoms with Crippen molar-refractivity contribution in [1.29, 1.82) is 5.26 Å². The minimum absolute atomic E-state index is 0.00103. The van der Waals surface area contributed by atoms with E-state index in [1.807, 2.05) is 20.8 Å². The third-order valence-corrected chi connectivity index (χ3v) is 4.84. The van der Waals surface area contributed by atoms with Crippen LogP contribution in [0.4, 0.5) is 4.79 Å². The number of nitrogens with zero attached hydrogens (tertiary/aromatic N) is 3. The summed E-state index contributed by atoms with van der Waals surface area (Å²) >= 11 is 0. The zero-order chi connectivity index (χ0) is 16.9. The third-order valence-electron chi connectivity index (χ3n) is 4.84. The van der Waals surface area contributed by atoms with Crippen LogP contribution in [0.25, 0.3) is 0 Å². The molecule has 1 saturated carbocycles. The second-order valence-electron chi connectivity index (χ2n) is 7.89. The molecule has 1 amide bonds. The monoisotopic (exact) mass is 321 g/mol. The minimum atomic E-state index is -0.454. The zero-order valence-corrected chi connectivity index (χ0v) is 14.9. The molecule has 1 aliphatic carbocycles. The molecule has 0 N–H and O–H groups in total. The number of ether oxygens (including phenoxy) is 1. The van der Waals surface area contributed by atoms with Crippen LogP contribution in [0.5, 0.6) is 0 Å². The molecule has 1 heterocycles. The Kier molecular flexibility index (Phi) is 6.29. The normalized spacial score (nSPS) is 22.4. The topological polar surface area (TPSA) is 56.6 Å². The van der Waals surface area contributed by atoms with Gasteiger partial charge in [0, 0.05) is 26.2 Å². The van der Waals surface area contributed by atoms with Gasteiger partial charge in [-0.25, -0.2) is 4.79 Å². The van der Waals surface area contributed by atoms with Crippen molar-refractivity contribution in [3.63, 3.8) is 0 Å². The molecule has 0 bridgehead atoms. The van der Waals surface area contributed by atoms with Crippen molar-refractivity contribution in [2.45, 2.75) is 70.9 Å². The highest BCUT2D eigenvalue weighted by atomic mass is 16.6. The average Bonchev–Trinajstić information content (AvgIpc) is 2.52. The summed E-state index contributed by atoms with van der Waals surface area (Å²) < 4.78 is 5.42. The Morgan fingerprint density at radius 1 is 1.17 bits per heavy atom. The summed E-state index contributed by atoms with van der Waals surface area (Å²) in [5, 5.41) is 9.54. The van der Waals surface area contributed by atoms with Crippen molar-refractivity contribution in [3.8, 4) is 6.07 Å². The van der Waals surface area contributed by atoms with Crippen molar-refractivity contribution in [2.24, 2.45) is 5.92 Å². The molecular weight excluding hydrogens is 290 g/mol. The van der Waals surface area contributed by atoms with Crippen LogP contribution in [0, 0.1) is 17.2 Å². The number of piperazine rings is 1. The molecule has 0 aromatic carbocycles. The molecule has 5 heteroatoms. The fourth-order valence-corrected chi connectivity index (χ4v) is 3.56. The van der Waals surface area contributed by atoms with Crippen LogP contribution in [-0.2, 0) is 4.74 Å². The second-order valence-corrected chi connectivity index (χ2v) is 7.89. The molecule has 0 aromatic heterocycles. The molecule has 2 fully saturated rings. The van der Waals surface area contributed by atoms with Crippen molar-refractivity contribution in [2.75, 3.05) is 26.2 Å². The van der Waals surface area contributed by atoms with Gasteiger partial charge in [0.25, 0.3) is 0 Å². The number of hydrogen-bond acceptors (Lipinski definition) is 4. The van der Waals surface area contributed by atoms with Gasteiger partial charge in [0.1, 0.15) is 5.60 Å². The van der Waals surface area contributed by atoms with E-state index in [1.54, 1.807) is 4.90 Å². The maximum atomic E-state index is 12.1. The van der Waals surface area contributed by atoms with E-state index in [9.17, 15) is 10.1 Å². The molecule has 2 aliphatic rings. The Labute approximate surface area is 140 Å². The lowest BCUT2D eigenvalue weighted by Crippen LogP contribution is -2.52. The minimum Gasteiger partial charge on any atom is -0.444 e. The van der Waals surface area contributed by atoms with Crippen LogP contribution < -0.4 is 0 Å². The van der Waals surface area contributed by atoms with Crippen LogP contribution >= 0.6 is 0 Å². The molecule has 1 aliphatic heterocycles. The maximum absolute atomic E-state index is 12.1. The lowest BCUT2D eigenvalue weighted by atomic mass is 9.84. The Bertz CT molecular complexity index is 425. The van der Waals surface area contributed by atoms with E-state index in [0.29, 0.717) is 19.0 Å². The van der Waals surface area contributed by atoms with E-state index < -0.39 is 5.60 Å². The lowest BCUT2D eigenvalue weighted by Gasteiger charge is -2.38. The fourth-order valence-electron chi connectivity index (χ4n) is 3.56. The first-order valence-corrected chi connectivity index (χ1v) is 9.00. The molecule has 0 radical (unpaired) electrons. The molecule has 0 spiro atoms. The summed E-state index contributed by atoms with van der Waals surface area (Å²) in [6.07, 6.45) is 7.28. The maximum Gasteiger partial charge on any atom is 0.410 e. The smallest absolute Gasteiger partial charge is 0.410 e. The van der Waals surface area contributed by atoms with Gasteiger partial charge < -0.3 is 9.64 Å². The van der Waals surface area contributed by atoms with Crippen molar-refractivity contribution < 1.29 is 9.53 Å². The highest BCUT2D eigenvalue weighted by Gasteiger charge is 2.30. The molecule has 130 valence electrons. The molecule has 1 saturated heterocycles. The highest BCUT2D eigenvalue weighted by molar-refractivity contribution is 5.68. The molecule has 0 aromatic rings. The van der Waals surface area contributed by atoms with Crippen LogP contribution in [0.1, 0.15) is 59.3 Å². The summed E-state index contributed by atoms with van der Waals surface area (Å²) in [7, 11) is 0. The van der Waals surface area contributed by atoms with Gasteiger partial charge >= 0.3 is 6.09 Å². The van der Waals surface area contributed by atoms with Gasteiger partial charge in [-0.1, -0.05) is 32.1 Å². The predicted molar refractivity (Wildman–Crippen MR) is 90.0 cm³/mol. The van der Waals surface area contributed by atoms with Gasteiger partial charge in [-0.05, 0) is 33.1 Å². The van der Waals surface area contributed by atoms with Crippen molar-refractivity contribution in [3.05, 3.63) is 0 Å². The Morgan fingerprint density at radius 3 is 2.30 bits per heavy atom. The van der Waals surface area contributed by atoms with Gasteiger partial charge in [-0.15, -0.1) is 0 Å². The standard InChI is InChI=1S/C18H31N3O2/c1-18(2,3)23-17(22)21-11-9-20(10-12-21)16(14-19)13-15-7-5-4-6-8-15/h15-16H,4-13H2,1-3H3. The van der Waals surface area contributed by atoms with Crippen molar-refractivity contribution >= 4 is 6.09 Å². The Balaban J connectivity index is 1.80. The van der Waals surface area contributed by atoms with Crippen LogP contribution in [0.3, 0.4) is 0 Å². The second kappa shape index (κ2) is 8.01. The summed E-state index contributed by atoms with van der Waals surface area (Å²) in [6, 6.07) is 2.49. The van der Waals surface area contributed by atoms with Gasteiger partial charge in [-0.2, -0.15) is 5.26 Å². The molecule has 5 nitrogen and oxygen atoms in total. The first-order valence-electron chi connectivity index (χ1n) is 9.00. The average molecular weight is 321 g/mol. The fraction of sp³-hybridized carbons (Fsp3) is 0.889. The molecular formula is C18H31N3O2. The summed E-state index contributed by atoms with van der Waals surface area (Å²) in [6.45, 7) is 8.50. The van der Waals surface area contributed by atoms with E-state index in [4.69, 9.17) is 4.74 Å². The molecule has 1 atom stereocenters. The first-order chi connectivity index (χ1) is 10.9. The quantitative estimate of drug-likeness (QED) is 0.799. The predicted octanol–water partition coefficient (Wildman–Crippen LogP) is 3.40. The number of carbonyl (C=O) groups is 1. The van der Waals surface area contributed by atoms with Crippen molar-refractivity contribution in [1.82, 2.24) is 9.80 Å². The highest BCUT2D eigenvalue weighted by Crippen LogP contribution is 2.28. The number of rotatable bonds is 3. The van der Waals surface area contributed by atoms with Gasteiger partial charge in [0.15, 0.2) is 0 Å². The summed E-state index contributed by atoms with van der Waals surface area (Å²) in [5.41, 5.74) is -0.454. The Morgan fingerprint density at radius 2 is 1.78 bits per heavy atom. The largest absolute Gasteiger partial charge is 0.444 e. The SMILES string of the molecule is CC(C)(C)OC(=O)N1CCN(C(C#N)CC2CCCCC2)CC1. The van der Waals surface area contributed by atoms with Crippen LogP contribution in [0.2, 0.25) is 0 Å². The molecule has 1 unspecified atom stereocenters. The summed E-state index contributed by atoms with van der Waals surface area (Å²) in [5.74, 6) is 0.706. The first kappa shape index (κ1) is 18.1. The van der Waals surface area contributed by atoms with Gasteiger partial charge in [0.05, 0.1) is 12.1 Å². The molecule has 23 heavy (non-hydrogen) atoms. The molecule has 2 rings (SSSR count).